The minimum Gasteiger partial charge on any atom is -0.372 e. The van der Waals surface area contributed by atoms with Gasteiger partial charge in [0, 0.05) is 43.2 Å². The molecule has 1 unspecified atom stereocenters. The monoisotopic (exact) mass is 494 g/mol. The van der Waals surface area contributed by atoms with Gasteiger partial charge in [0.25, 0.3) is 0 Å². The standard InChI is InChI=1S/C21H27ClN6O4S/c1-13(2)28-12-15(10-25-28)18-16(22)11-24-20(27-18)26-17-6-5-14(19(23)29)9-21(17,32-3)7-8-33(4,30)31/h5-6,10-13H,7-9H2,1-4H3,(H2,23,29)(H,24,26,27). The first-order valence-electron chi connectivity index (χ1n) is 10.2. The van der Waals surface area contributed by atoms with Gasteiger partial charge in [-0.15, -0.1) is 0 Å². The molecule has 0 fully saturated rings. The van der Waals surface area contributed by atoms with Crippen molar-refractivity contribution in [3.63, 3.8) is 0 Å². The van der Waals surface area contributed by atoms with Gasteiger partial charge in [-0.05, 0) is 26.3 Å². The molecule has 0 aliphatic heterocycles. The van der Waals surface area contributed by atoms with Crippen LogP contribution in [0.2, 0.25) is 5.02 Å². The molecule has 12 heteroatoms. The Kier molecular flexibility index (Phi) is 7.25. The van der Waals surface area contributed by atoms with Crippen LogP contribution < -0.4 is 11.1 Å². The van der Waals surface area contributed by atoms with E-state index in [1.807, 2.05) is 20.0 Å². The topological polar surface area (TPSA) is 142 Å². The number of nitrogens with one attached hydrogen (secondary N) is 1. The van der Waals surface area contributed by atoms with E-state index in [0.717, 1.165) is 11.8 Å². The van der Waals surface area contributed by atoms with E-state index in [1.54, 1.807) is 23.0 Å². The first-order chi connectivity index (χ1) is 15.4. The zero-order chi connectivity index (χ0) is 24.4. The van der Waals surface area contributed by atoms with Gasteiger partial charge in [0.2, 0.25) is 11.9 Å². The number of carbonyl (C=O) groups is 1. The van der Waals surface area contributed by atoms with Crippen LogP contribution in [0.1, 0.15) is 32.7 Å². The SMILES string of the molecule is COC1(CCS(C)(=O)=O)CC(C(N)=O)=CC=C1Nc1ncc(Cl)c(-c2cnn(C(C)C)c2)n1. The minimum atomic E-state index is -3.29. The summed E-state index contributed by atoms with van der Waals surface area (Å²) in [7, 11) is -1.83. The van der Waals surface area contributed by atoms with Crippen LogP contribution in [0.15, 0.2) is 42.0 Å². The number of carbonyl (C=O) groups excluding carboxylic acids is 1. The van der Waals surface area contributed by atoms with Gasteiger partial charge < -0.3 is 15.8 Å². The number of methoxy groups -OCH3 is 1. The van der Waals surface area contributed by atoms with Crippen LogP contribution in [0, 0.1) is 0 Å². The molecule has 1 atom stereocenters. The Balaban J connectivity index is 1.98. The van der Waals surface area contributed by atoms with Crippen LogP contribution in [0.4, 0.5) is 5.95 Å². The second-order valence-electron chi connectivity index (χ2n) is 8.21. The predicted molar refractivity (Wildman–Crippen MR) is 126 cm³/mol. The number of hydrogen-bond acceptors (Lipinski definition) is 8. The lowest BCUT2D eigenvalue weighted by Crippen LogP contribution is -2.42. The lowest BCUT2D eigenvalue weighted by molar-refractivity contribution is -0.115. The van der Waals surface area contributed by atoms with Gasteiger partial charge in [0.05, 0.1) is 34.6 Å². The summed E-state index contributed by atoms with van der Waals surface area (Å²) < 4.78 is 31.3. The maximum absolute atomic E-state index is 11.9. The number of amides is 1. The zero-order valence-electron chi connectivity index (χ0n) is 18.9. The Bertz CT molecular complexity index is 1220. The van der Waals surface area contributed by atoms with Gasteiger partial charge in [0.1, 0.15) is 15.4 Å². The molecule has 0 radical (unpaired) electrons. The number of rotatable bonds is 9. The van der Waals surface area contributed by atoms with E-state index in [0.29, 0.717) is 22.0 Å². The number of anilines is 1. The van der Waals surface area contributed by atoms with Crippen molar-refractivity contribution in [2.75, 3.05) is 24.4 Å². The molecule has 2 aromatic rings. The summed E-state index contributed by atoms with van der Waals surface area (Å²) in [5.74, 6) is -0.513. The average Bonchev–Trinajstić information content (AvgIpc) is 3.24. The smallest absolute Gasteiger partial charge is 0.244 e. The van der Waals surface area contributed by atoms with Gasteiger partial charge in [0.15, 0.2) is 0 Å². The molecule has 10 nitrogen and oxygen atoms in total. The highest BCUT2D eigenvalue weighted by Crippen LogP contribution is 2.37. The van der Waals surface area contributed by atoms with E-state index in [9.17, 15) is 13.2 Å². The molecule has 178 valence electrons. The normalized spacial score (nSPS) is 18.7. The van der Waals surface area contributed by atoms with Gasteiger partial charge in [-0.25, -0.2) is 18.4 Å². The molecule has 0 saturated carbocycles. The summed E-state index contributed by atoms with van der Waals surface area (Å²) in [5.41, 5.74) is 6.39. The lowest BCUT2D eigenvalue weighted by atomic mass is 9.84. The number of sulfone groups is 1. The third kappa shape index (κ3) is 5.79. The van der Waals surface area contributed by atoms with E-state index in [-0.39, 0.29) is 30.6 Å². The molecule has 2 heterocycles. The second-order valence-corrected chi connectivity index (χ2v) is 10.9. The fraction of sp³-hybridized carbons (Fsp3) is 0.429. The minimum absolute atomic E-state index is 0.105. The van der Waals surface area contributed by atoms with Crippen molar-refractivity contribution in [3.05, 3.63) is 47.0 Å². The highest BCUT2D eigenvalue weighted by molar-refractivity contribution is 7.90. The lowest BCUT2D eigenvalue weighted by Gasteiger charge is -2.37. The van der Waals surface area contributed by atoms with Crippen LogP contribution in [-0.4, -0.2) is 58.8 Å². The molecule has 3 N–H and O–H groups in total. The van der Waals surface area contributed by atoms with Gasteiger partial charge >= 0.3 is 0 Å². The summed E-state index contributed by atoms with van der Waals surface area (Å²) in [6.45, 7) is 4.02. The van der Waals surface area contributed by atoms with Crippen molar-refractivity contribution in [1.82, 2.24) is 19.7 Å². The second kappa shape index (κ2) is 9.62. The number of halogens is 1. The third-order valence-electron chi connectivity index (χ3n) is 5.40. The highest BCUT2D eigenvalue weighted by Gasteiger charge is 2.39. The van der Waals surface area contributed by atoms with E-state index < -0.39 is 21.3 Å². The Morgan fingerprint density at radius 1 is 1.36 bits per heavy atom. The molecule has 1 aliphatic carbocycles. The van der Waals surface area contributed by atoms with Gasteiger partial charge in [-0.3, -0.25) is 9.48 Å². The third-order valence-corrected chi connectivity index (χ3v) is 6.62. The van der Waals surface area contributed by atoms with E-state index in [2.05, 4.69) is 20.4 Å². The number of primary amides is 1. The fourth-order valence-corrected chi connectivity index (χ4v) is 4.37. The van der Waals surface area contributed by atoms with E-state index >= 15 is 0 Å². The summed E-state index contributed by atoms with van der Waals surface area (Å²) in [5, 5.41) is 7.80. The molecule has 0 saturated heterocycles. The number of ether oxygens (including phenoxy) is 1. The largest absolute Gasteiger partial charge is 0.372 e. The molecule has 1 amide bonds. The Morgan fingerprint density at radius 2 is 2.09 bits per heavy atom. The maximum Gasteiger partial charge on any atom is 0.244 e. The highest BCUT2D eigenvalue weighted by atomic mass is 35.5. The molecule has 0 aromatic carbocycles. The number of allylic oxidation sites excluding steroid dienone is 2. The van der Waals surface area contributed by atoms with Crippen LogP contribution in [0.3, 0.4) is 0 Å². The average molecular weight is 495 g/mol. The number of nitrogens with two attached hydrogens (primary N) is 1. The summed E-state index contributed by atoms with van der Waals surface area (Å²) in [4.78, 5) is 20.6. The molecule has 0 spiro atoms. The van der Waals surface area contributed by atoms with E-state index in [4.69, 9.17) is 22.1 Å². The zero-order valence-corrected chi connectivity index (χ0v) is 20.4. The van der Waals surface area contributed by atoms with Crippen LogP contribution in [0.25, 0.3) is 11.3 Å². The molecule has 0 bridgehead atoms. The molecule has 1 aliphatic rings. The number of hydrogen-bond donors (Lipinski definition) is 2. The Hall–Kier alpha value is -2.76. The van der Waals surface area contributed by atoms with Crippen molar-refractivity contribution in [2.24, 2.45) is 5.73 Å². The number of aromatic nitrogens is 4. The van der Waals surface area contributed by atoms with Gasteiger partial charge in [-0.2, -0.15) is 5.10 Å². The summed E-state index contributed by atoms with van der Waals surface area (Å²) in [6.07, 6.45) is 9.55. The number of nitrogens with zero attached hydrogens (tertiary/aromatic N) is 4. The first-order valence-corrected chi connectivity index (χ1v) is 12.7. The van der Waals surface area contributed by atoms with Crippen LogP contribution in [-0.2, 0) is 19.4 Å². The maximum atomic E-state index is 11.9. The van der Waals surface area contributed by atoms with Crippen molar-refractivity contribution in [3.8, 4) is 11.3 Å². The van der Waals surface area contributed by atoms with E-state index in [1.165, 1.54) is 13.3 Å². The van der Waals surface area contributed by atoms with Crippen molar-refractivity contribution < 1.29 is 17.9 Å². The van der Waals surface area contributed by atoms with Crippen LogP contribution >= 0.6 is 11.6 Å². The van der Waals surface area contributed by atoms with Gasteiger partial charge in [-0.1, -0.05) is 17.7 Å². The van der Waals surface area contributed by atoms with Crippen molar-refractivity contribution in [1.29, 1.82) is 0 Å². The van der Waals surface area contributed by atoms with Crippen LogP contribution in [0.5, 0.6) is 0 Å². The first kappa shape index (κ1) is 24.9. The molecular formula is C21H27ClN6O4S. The van der Waals surface area contributed by atoms with Crippen molar-refractivity contribution in [2.45, 2.75) is 38.3 Å². The summed E-state index contributed by atoms with van der Waals surface area (Å²) >= 11 is 6.34. The molecule has 33 heavy (non-hydrogen) atoms. The fourth-order valence-electron chi connectivity index (χ4n) is 3.47. The Morgan fingerprint density at radius 3 is 2.67 bits per heavy atom. The summed E-state index contributed by atoms with van der Waals surface area (Å²) in [6, 6.07) is 0.174. The molecule has 3 rings (SSSR count). The Labute approximate surface area is 197 Å². The quantitative estimate of drug-likeness (QED) is 0.541. The molecule has 2 aromatic heterocycles. The molecular weight excluding hydrogens is 468 g/mol. The predicted octanol–water partition coefficient (Wildman–Crippen LogP) is 2.51. The van der Waals surface area contributed by atoms with Crippen molar-refractivity contribution >= 4 is 33.3 Å².